The van der Waals surface area contributed by atoms with E-state index in [0.29, 0.717) is 23.9 Å². The van der Waals surface area contributed by atoms with Gasteiger partial charge in [-0.1, -0.05) is 207 Å². The van der Waals surface area contributed by atoms with Gasteiger partial charge in [0.25, 0.3) is 7.82 Å². The van der Waals surface area contributed by atoms with Gasteiger partial charge in [0.2, 0.25) is 5.91 Å². The topological polar surface area (TPSA) is 108 Å². The Balaban J connectivity index is 3.86. The van der Waals surface area contributed by atoms with Crippen LogP contribution in [0, 0.1) is 0 Å². The van der Waals surface area contributed by atoms with Crippen LogP contribution in [-0.4, -0.2) is 68.5 Å². The summed E-state index contributed by atoms with van der Waals surface area (Å²) in [5.74, 6) is -0.183. The Labute approximate surface area is 400 Å². The van der Waals surface area contributed by atoms with Crippen LogP contribution in [0.5, 0.6) is 0 Å². The number of carbonyl (C=O) groups excluding carboxylic acids is 1. The summed E-state index contributed by atoms with van der Waals surface area (Å²) in [5.41, 5.74) is 0. The maximum Gasteiger partial charge on any atom is 0.268 e. The summed E-state index contributed by atoms with van der Waals surface area (Å²) >= 11 is 0. The van der Waals surface area contributed by atoms with Crippen LogP contribution in [0.25, 0.3) is 0 Å². The second kappa shape index (κ2) is 46.3. The molecule has 0 bridgehead atoms. The molecule has 3 atom stereocenters. The molecule has 1 amide bonds. The number of rotatable bonds is 45. The molecule has 372 valence electrons. The Morgan fingerprint density at radius 1 is 0.554 bits per heavy atom. The SMILES string of the molecule is CC/C=C\C/C=C\C/C=C\C/C=C\C/C=C\C/C=C\C/C=C\C/C=C\C/C=C\CCCCCCCCCCCCCC(=O)NC(COP(=O)([O-])OCC[N+](C)(C)C)C(O)CCCCCC. The van der Waals surface area contributed by atoms with E-state index < -0.39 is 20.0 Å². The van der Waals surface area contributed by atoms with Gasteiger partial charge >= 0.3 is 0 Å². The Morgan fingerprint density at radius 3 is 1.35 bits per heavy atom. The average Bonchev–Trinajstić information content (AvgIpc) is 3.26. The van der Waals surface area contributed by atoms with Gasteiger partial charge in [0, 0.05) is 6.42 Å². The number of hydrogen-bond acceptors (Lipinski definition) is 6. The third-order valence-corrected chi connectivity index (χ3v) is 11.7. The summed E-state index contributed by atoms with van der Waals surface area (Å²) < 4.78 is 23.0. The maximum absolute atomic E-state index is 12.8. The first kappa shape index (κ1) is 62.2. The summed E-state index contributed by atoms with van der Waals surface area (Å²) in [6.07, 6.45) is 67.6. The van der Waals surface area contributed by atoms with Crippen molar-refractivity contribution < 1.29 is 32.9 Å². The van der Waals surface area contributed by atoms with Crippen molar-refractivity contribution in [3.05, 3.63) is 109 Å². The van der Waals surface area contributed by atoms with Crippen molar-refractivity contribution in [2.24, 2.45) is 0 Å². The van der Waals surface area contributed by atoms with Gasteiger partial charge < -0.3 is 28.8 Å². The molecule has 65 heavy (non-hydrogen) atoms. The van der Waals surface area contributed by atoms with Gasteiger partial charge in [-0.2, -0.15) is 0 Å². The maximum atomic E-state index is 12.8. The number of carbonyl (C=O) groups is 1. The summed E-state index contributed by atoms with van der Waals surface area (Å²) in [6, 6.07) is -0.804. The Kier molecular flexibility index (Phi) is 44.3. The molecule has 8 nitrogen and oxygen atoms in total. The van der Waals surface area contributed by atoms with E-state index in [1.807, 2.05) is 21.1 Å². The highest BCUT2D eigenvalue weighted by molar-refractivity contribution is 7.45. The van der Waals surface area contributed by atoms with Gasteiger partial charge in [0.05, 0.1) is 39.9 Å². The normalized spacial score (nSPS) is 15.0. The minimum atomic E-state index is -4.55. The molecule has 0 radical (unpaired) electrons. The summed E-state index contributed by atoms with van der Waals surface area (Å²) in [5, 5.41) is 13.6. The molecule has 0 fully saturated rings. The first-order chi connectivity index (χ1) is 31.5. The molecule has 2 N–H and O–H groups in total. The first-order valence-electron chi connectivity index (χ1n) is 25.7. The minimum Gasteiger partial charge on any atom is -0.756 e. The second-order valence-corrected chi connectivity index (χ2v) is 19.6. The van der Waals surface area contributed by atoms with E-state index in [-0.39, 0.29) is 19.1 Å². The molecule has 0 aromatic carbocycles. The van der Waals surface area contributed by atoms with Crippen LogP contribution in [0.2, 0.25) is 0 Å². The lowest BCUT2D eigenvalue weighted by Gasteiger charge is -2.30. The number of unbranched alkanes of at least 4 members (excludes halogenated alkanes) is 14. The molecule has 0 saturated carbocycles. The van der Waals surface area contributed by atoms with E-state index in [1.165, 1.54) is 57.8 Å². The Morgan fingerprint density at radius 2 is 0.938 bits per heavy atom. The third-order valence-electron chi connectivity index (χ3n) is 10.8. The smallest absolute Gasteiger partial charge is 0.268 e. The van der Waals surface area contributed by atoms with Crippen LogP contribution in [0.3, 0.4) is 0 Å². The van der Waals surface area contributed by atoms with Crippen molar-refractivity contribution in [2.45, 2.75) is 199 Å². The van der Waals surface area contributed by atoms with Gasteiger partial charge in [-0.15, -0.1) is 0 Å². The molecule has 0 heterocycles. The zero-order valence-electron chi connectivity index (χ0n) is 42.1. The fourth-order valence-electron chi connectivity index (χ4n) is 6.74. The van der Waals surface area contributed by atoms with Crippen LogP contribution in [0.15, 0.2) is 109 Å². The van der Waals surface area contributed by atoms with Crippen molar-refractivity contribution in [1.82, 2.24) is 5.32 Å². The summed E-state index contributed by atoms with van der Waals surface area (Å²) in [7, 11) is 1.28. The van der Waals surface area contributed by atoms with E-state index in [2.05, 4.69) is 129 Å². The number of quaternary nitrogens is 1. The van der Waals surface area contributed by atoms with Gasteiger partial charge in [0.1, 0.15) is 13.2 Å². The minimum absolute atomic E-state index is 0.00564. The van der Waals surface area contributed by atoms with Crippen LogP contribution >= 0.6 is 7.82 Å². The number of hydrogen-bond donors (Lipinski definition) is 2. The number of nitrogens with zero attached hydrogens (tertiary/aromatic N) is 1. The molecular weight excluding hydrogens is 828 g/mol. The molecule has 0 spiro atoms. The number of nitrogens with one attached hydrogen (secondary N) is 1. The average molecular weight is 925 g/mol. The van der Waals surface area contributed by atoms with Gasteiger partial charge in [-0.25, -0.2) is 0 Å². The van der Waals surface area contributed by atoms with Gasteiger partial charge in [-0.05, 0) is 83.5 Å². The third kappa shape index (κ3) is 48.9. The molecule has 0 rings (SSSR count). The van der Waals surface area contributed by atoms with E-state index in [1.54, 1.807) is 0 Å². The van der Waals surface area contributed by atoms with Crippen LogP contribution in [0.4, 0.5) is 0 Å². The lowest BCUT2D eigenvalue weighted by Crippen LogP contribution is -2.46. The largest absolute Gasteiger partial charge is 0.756 e. The molecule has 0 aliphatic heterocycles. The van der Waals surface area contributed by atoms with Crippen molar-refractivity contribution in [3.63, 3.8) is 0 Å². The number of aliphatic hydroxyl groups excluding tert-OH is 1. The predicted octanol–water partition coefficient (Wildman–Crippen LogP) is 14.6. The zero-order valence-corrected chi connectivity index (χ0v) is 43.0. The van der Waals surface area contributed by atoms with E-state index in [0.717, 1.165) is 103 Å². The van der Waals surface area contributed by atoms with Crippen molar-refractivity contribution in [2.75, 3.05) is 40.9 Å². The number of phosphoric ester groups is 1. The standard InChI is InChI=1S/C56H97N2O6P/c1-6-8-10-12-13-14-15-16-17-18-19-20-21-22-23-24-25-26-27-28-29-30-31-32-33-34-35-36-37-38-39-40-41-42-43-44-45-46-48-50-56(60)57-54(55(59)49-47-11-9-7-2)53-64-65(61,62)63-52-51-58(3,4)5/h8,10,13-14,16-17,19-20,22-23,25-26,28-29,31-32,34-35,54-55,59H,6-7,9,11-12,15,18,21,24,27,30,33,36-53H2,1-5H3,(H-,57,60,61,62)/b10-8-,14-13-,17-16-,20-19-,23-22-,26-25-,29-28-,32-31-,35-34-. The van der Waals surface area contributed by atoms with Crippen LogP contribution < -0.4 is 10.2 Å². The number of amides is 1. The highest BCUT2D eigenvalue weighted by Gasteiger charge is 2.24. The Hall–Kier alpha value is -2.84. The van der Waals surface area contributed by atoms with Crippen molar-refractivity contribution in [1.29, 1.82) is 0 Å². The van der Waals surface area contributed by atoms with E-state index in [4.69, 9.17) is 9.05 Å². The lowest BCUT2D eigenvalue weighted by molar-refractivity contribution is -0.870. The number of phosphoric acid groups is 1. The molecule has 0 aromatic heterocycles. The number of aliphatic hydroxyl groups is 1. The quantitative estimate of drug-likeness (QED) is 0.0273. The van der Waals surface area contributed by atoms with Crippen LogP contribution in [-0.2, 0) is 18.4 Å². The molecule has 0 aliphatic rings. The van der Waals surface area contributed by atoms with Crippen molar-refractivity contribution in [3.8, 4) is 0 Å². The summed E-state index contributed by atoms with van der Waals surface area (Å²) in [6.45, 7) is 4.45. The highest BCUT2D eigenvalue weighted by Crippen LogP contribution is 2.38. The predicted molar refractivity (Wildman–Crippen MR) is 279 cm³/mol. The van der Waals surface area contributed by atoms with E-state index in [9.17, 15) is 19.4 Å². The highest BCUT2D eigenvalue weighted by atomic mass is 31.2. The number of allylic oxidation sites excluding steroid dienone is 18. The fraction of sp³-hybridized carbons (Fsp3) is 0.661. The number of likely N-dealkylation sites (N-methyl/N-ethyl adjacent to an activating group) is 1. The fourth-order valence-corrected chi connectivity index (χ4v) is 7.46. The molecule has 0 saturated heterocycles. The lowest BCUT2D eigenvalue weighted by atomic mass is 10.0. The molecule has 9 heteroatoms. The van der Waals surface area contributed by atoms with Crippen LogP contribution in [0.1, 0.15) is 187 Å². The zero-order chi connectivity index (χ0) is 47.8. The molecule has 3 unspecified atom stereocenters. The van der Waals surface area contributed by atoms with Gasteiger partial charge in [0.15, 0.2) is 0 Å². The summed E-state index contributed by atoms with van der Waals surface area (Å²) in [4.78, 5) is 25.1. The first-order valence-corrected chi connectivity index (χ1v) is 27.2. The monoisotopic (exact) mass is 925 g/mol. The molecular formula is C56H97N2O6P. The second-order valence-electron chi connectivity index (χ2n) is 18.1. The van der Waals surface area contributed by atoms with Gasteiger partial charge in [-0.3, -0.25) is 9.36 Å². The molecule has 0 aromatic rings. The van der Waals surface area contributed by atoms with E-state index >= 15 is 0 Å². The Bertz CT molecular complexity index is 1420. The molecule has 0 aliphatic carbocycles. The van der Waals surface area contributed by atoms with Crippen molar-refractivity contribution >= 4 is 13.7 Å².